The van der Waals surface area contributed by atoms with E-state index in [4.69, 9.17) is 11.2 Å². The molecule has 0 unspecified atom stereocenters. The van der Waals surface area contributed by atoms with Crippen molar-refractivity contribution < 1.29 is 4.74 Å². The normalized spacial score (nSPS) is 9.88. The summed E-state index contributed by atoms with van der Waals surface area (Å²) in [6.07, 6.45) is 10.8. The number of hydrogen-bond donors (Lipinski definition) is 0. The topological polar surface area (TPSA) is 52.8 Å². The molecule has 6 heteroatoms. The van der Waals surface area contributed by atoms with Crippen molar-refractivity contribution in [1.82, 2.24) is 19.7 Å². The third kappa shape index (κ3) is 3.17. The smallest absolute Gasteiger partial charge is 0.218 e. The number of ether oxygens (including phenoxy) is 1. The Labute approximate surface area is 112 Å². The van der Waals surface area contributed by atoms with Crippen LogP contribution < -0.4 is 4.74 Å². The first-order valence-electron chi connectivity index (χ1n) is 4.88. The van der Waals surface area contributed by atoms with Crippen LogP contribution in [-0.2, 0) is 0 Å². The molecule has 17 heavy (non-hydrogen) atoms. The van der Waals surface area contributed by atoms with E-state index in [-0.39, 0.29) is 0 Å². The quantitative estimate of drug-likeness (QED) is 0.483. The predicted molar refractivity (Wildman–Crippen MR) is 70.8 cm³/mol. The molecule has 2 rings (SSSR count). The van der Waals surface area contributed by atoms with E-state index in [0.717, 1.165) is 3.57 Å². The second-order valence-electron chi connectivity index (χ2n) is 3.12. The van der Waals surface area contributed by atoms with Crippen LogP contribution in [0.15, 0.2) is 24.8 Å². The highest BCUT2D eigenvalue weighted by atomic mass is 127. The van der Waals surface area contributed by atoms with Gasteiger partial charge in [0.05, 0.1) is 9.77 Å². The molecule has 0 amide bonds. The van der Waals surface area contributed by atoms with Crippen molar-refractivity contribution in [3.8, 4) is 24.0 Å². The van der Waals surface area contributed by atoms with Gasteiger partial charge in [-0.1, -0.05) is 0 Å². The van der Waals surface area contributed by atoms with Gasteiger partial charge in [0.25, 0.3) is 0 Å². The van der Waals surface area contributed by atoms with Gasteiger partial charge in [0.1, 0.15) is 12.9 Å². The van der Waals surface area contributed by atoms with Gasteiger partial charge in [-0.3, -0.25) is 0 Å². The maximum atomic E-state index is 5.38. The van der Waals surface area contributed by atoms with Crippen LogP contribution in [0, 0.1) is 15.9 Å². The Morgan fingerprint density at radius 1 is 1.47 bits per heavy atom. The maximum absolute atomic E-state index is 5.38. The Hall–Kier alpha value is -1.62. The Kier molecular flexibility index (Phi) is 3.93. The summed E-state index contributed by atoms with van der Waals surface area (Å²) in [5, 5.41) is 4.15. The molecule has 0 saturated heterocycles. The third-order valence-electron chi connectivity index (χ3n) is 1.91. The molecule has 0 aliphatic rings. The van der Waals surface area contributed by atoms with E-state index >= 15 is 0 Å². The summed E-state index contributed by atoms with van der Waals surface area (Å²) in [6.45, 7) is 0.448. The minimum atomic E-state index is 0.448. The van der Waals surface area contributed by atoms with Gasteiger partial charge in [-0.2, -0.15) is 5.10 Å². The monoisotopic (exact) mass is 340 g/mol. The summed E-state index contributed by atoms with van der Waals surface area (Å²) in [7, 11) is 0. The number of nitrogens with zero attached hydrogens (tertiary/aromatic N) is 4. The zero-order valence-electron chi connectivity index (χ0n) is 8.88. The highest BCUT2D eigenvalue weighted by molar-refractivity contribution is 14.1. The van der Waals surface area contributed by atoms with Gasteiger partial charge in [-0.25, -0.2) is 14.6 Å². The van der Waals surface area contributed by atoms with E-state index < -0.39 is 0 Å². The zero-order chi connectivity index (χ0) is 12.1. The van der Waals surface area contributed by atoms with Crippen molar-refractivity contribution in [2.75, 3.05) is 6.61 Å². The van der Waals surface area contributed by atoms with Crippen molar-refractivity contribution in [2.45, 2.75) is 6.42 Å². The molecule has 0 aromatic carbocycles. The Morgan fingerprint density at radius 3 is 3.06 bits per heavy atom. The summed E-state index contributed by atoms with van der Waals surface area (Å²) in [4.78, 5) is 8.12. The van der Waals surface area contributed by atoms with Crippen LogP contribution in [0.2, 0.25) is 0 Å². The van der Waals surface area contributed by atoms with Crippen LogP contribution in [0.4, 0.5) is 0 Å². The van der Waals surface area contributed by atoms with E-state index in [1.54, 1.807) is 16.9 Å². The molecular weight excluding hydrogens is 331 g/mol. The van der Waals surface area contributed by atoms with Gasteiger partial charge >= 0.3 is 0 Å². The zero-order valence-corrected chi connectivity index (χ0v) is 11.0. The average Bonchev–Trinajstić information content (AvgIpc) is 2.77. The van der Waals surface area contributed by atoms with Crippen LogP contribution in [0.25, 0.3) is 5.82 Å². The largest absolute Gasteiger partial charge is 0.477 e. The number of halogens is 1. The molecule has 0 N–H and O–H groups in total. The number of aromatic nitrogens is 4. The van der Waals surface area contributed by atoms with Crippen LogP contribution in [0.3, 0.4) is 0 Å². The number of rotatable bonds is 4. The summed E-state index contributed by atoms with van der Waals surface area (Å²) < 4.78 is 8.08. The van der Waals surface area contributed by atoms with Gasteiger partial charge in [-0.05, 0) is 22.6 Å². The number of terminal acetylenes is 1. The second kappa shape index (κ2) is 5.63. The van der Waals surface area contributed by atoms with Gasteiger partial charge in [0.2, 0.25) is 5.88 Å². The highest BCUT2D eigenvalue weighted by Crippen LogP contribution is 2.12. The predicted octanol–water partition coefficient (Wildman–Crippen LogP) is 1.67. The molecule has 2 heterocycles. The molecule has 5 nitrogen and oxygen atoms in total. The fourth-order valence-corrected chi connectivity index (χ4v) is 1.56. The molecule has 86 valence electrons. The Bertz CT molecular complexity index is 546. The van der Waals surface area contributed by atoms with Crippen molar-refractivity contribution in [3.05, 3.63) is 28.4 Å². The average molecular weight is 340 g/mol. The summed E-state index contributed by atoms with van der Waals surface area (Å²) in [5.74, 6) is 3.66. The lowest BCUT2D eigenvalue weighted by Crippen LogP contribution is -2.02. The fourth-order valence-electron chi connectivity index (χ4n) is 1.17. The van der Waals surface area contributed by atoms with E-state index in [1.165, 1.54) is 6.33 Å². The van der Waals surface area contributed by atoms with Crippen LogP contribution in [-0.4, -0.2) is 26.4 Å². The lowest BCUT2D eigenvalue weighted by molar-refractivity contribution is 0.313. The van der Waals surface area contributed by atoms with Crippen molar-refractivity contribution >= 4 is 22.6 Å². The molecule has 0 atom stereocenters. The molecule has 0 fully saturated rings. The Morgan fingerprint density at radius 2 is 2.35 bits per heavy atom. The molecule has 0 aliphatic carbocycles. The minimum Gasteiger partial charge on any atom is -0.477 e. The Balaban J connectivity index is 2.14. The first-order chi connectivity index (χ1) is 8.29. The van der Waals surface area contributed by atoms with Crippen molar-refractivity contribution in [2.24, 2.45) is 0 Å². The van der Waals surface area contributed by atoms with Gasteiger partial charge in [0.15, 0.2) is 5.82 Å². The maximum Gasteiger partial charge on any atom is 0.218 e. The summed E-state index contributed by atoms with van der Waals surface area (Å²) in [6, 6.07) is 1.72. The van der Waals surface area contributed by atoms with Gasteiger partial charge < -0.3 is 4.74 Å². The van der Waals surface area contributed by atoms with E-state index in [0.29, 0.717) is 24.7 Å². The van der Waals surface area contributed by atoms with E-state index in [9.17, 15) is 0 Å². The lowest BCUT2D eigenvalue weighted by Gasteiger charge is -2.04. The van der Waals surface area contributed by atoms with Crippen LogP contribution in [0.1, 0.15) is 6.42 Å². The molecular formula is C11H9IN4O. The minimum absolute atomic E-state index is 0.448. The first kappa shape index (κ1) is 11.9. The molecule has 2 aromatic heterocycles. The van der Waals surface area contributed by atoms with E-state index in [1.807, 2.05) is 6.20 Å². The van der Waals surface area contributed by atoms with Crippen molar-refractivity contribution in [1.29, 1.82) is 0 Å². The third-order valence-corrected chi connectivity index (χ3v) is 2.47. The lowest BCUT2D eigenvalue weighted by atomic mass is 10.5. The molecule has 0 bridgehead atoms. The SMILES string of the molecule is C#CCCOc1cc(-n2cc(I)cn2)ncn1. The number of hydrogen-bond acceptors (Lipinski definition) is 4. The highest BCUT2D eigenvalue weighted by Gasteiger charge is 2.03. The summed E-state index contributed by atoms with van der Waals surface area (Å²) >= 11 is 2.18. The van der Waals surface area contributed by atoms with Gasteiger partial charge in [-0.15, -0.1) is 12.3 Å². The first-order valence-corrected chi connectivity index (χ1v) is 5.96. The molecule has 0 aliphatic heterocycles. The van der Waals surface area contributed by atoms with Crippen molar-refractivity contribution in [3.63, 3.8) is 0 Å². The standard InChI is InChI=1S/C11H9IN4O/c1-2-3-4-17-11-5-10(13-8-14-11)16-7-9(12)6-15-16/h1,5-8H,3-4H2. The molecule has 0 radical (unpaired) electrons. The molecule has 0 spiro atoms. The summed E-state index contributed by atoms with van der Waals surface area (Å²) in [5.41, 5.74) is 0. The van der Waals surface area contributed by atoms with Crippen LogP contribution in [0.5, 0.6) is 5.88 Å². The fraction of sp³-hybridized carbons (Fsp3) is 0.182. The second-order valence-corrected chi connectivity index (χ2v) is 4.37. The molecule has 0 saturated carbocycles. The van der Waals surface area contributed by atoms with Crippen LogP contribution >= 0.6 is 22.6 Å². The van der Waals surface area contributed by atoms with Gasteiger partial charge in [0, 0.05) is 18.7 Å². The van der Waals surface area contributed by atoms with E-state index in [2.05, 4.69) is 43.6 Å². The molecule has 2 aromatic rings.